The summed E-state index contributed by atoms with van der Waals surface area (Å²) in [5.41, 5.74) is 5.75. The molecule has 1 aromatic heterocycles. The molecule has 0 radical (unpaired) electrons. The van der Waals surface area contributed by atoms with Gasteiger partial charge in [0.25, 0.3) is 5.91 Å². The van der Waals surface area contributed by atoms with Gasteiger partial charge in [0.15, 0.2) is 0 Å². The number of hydrogen-bond acceptors (Lipinski definition) is 2. The second-order valence-corrected chi connectivity index (χ2v) is 3.09. The summed E-state index contributed by atoms with van der Waals surface area (Å²) in [4.78, 5) is 14.3. The molecule has 13 heavy (non-hydrogen) atoms. The van der Waals surface area contributed by atoms with Crippen LogP contribution in [0.4, 0.5) is 4.39 Å². The van der Waals surface area contributed by atoms with Crippen LogP contribution < -0.4 is 5.73 Å². The number of nitrogens with zero attached hydrogens (tertiary/aromatic N) is 1. The topological polar surface area (TPSA) is 56.0 Å². The fourth-order valence-electron chi connectivity index (χ4n) is 1.11. The van der Waals surface area contributed by atoms with E-state index in [1.165, 1.54) is 12.1 Å². The van der Waals surface area contributed by atoms with Crippen LogP contribution in [-0.4, -0.2) is 10.9 Å². The lowest BCUT2D eigenvalue weighted by molar-refractivity contribution is 0.0993. The van der Waals surface area contributed by atoms with E-state index in [9.17, 15) is 9.18 Å². The third-order valence-electron chi connectivity index (χ3n) is 1.75. The lowest BCUT2D eigenvalue weighted by Crippen LogP contribution is -2.17. The Morgan fingerprint density at radius 1 is 1.54 bits per heavy atom. The maximum absolute atomic E-state index is 12.7. The van der Waals surface area contributed by atoms with Crippen LogP contribution in [0.2, 0.25) is 0 Å². The predicted molar refractivity (Wildman–Crippen MR) is 46.8 cm³/mol. The molecule has 2 N–H and O–H groups in total. The molecule has 1 heterocycles. The van der Waals surface area contributed by atoms with Gasteiger partial charge in [0.05, 0.1) is 0 Å². The first kappa shape index (κ1) is 9.64. The lowest BCUT2D eigenvalue weighted by atomic mass is 10.0. The average Bonchev–Trinajstić information content (AvgIpc) is 2.03. The number of carbonyl (C=O) groups excluding carboxylic acids is 1. The predicted octanol–water partition coefficient (Wildman–Crippen LogP) is 1.44. The van der Waals surface area contributed by atoms with Gasteiger partial charge in [-0.25, -0.2) is 4.98 Å². The second-order valence-electron chi connectivity index (χ2n) is 3.09. The molecule has 0 aromatic carbocycles. The van der Waals surface area contributed by atoms with Gasteiger partial charge in [-0.15, -0.1) is 0 Å². The molecule has 0 spiro atoms. The summed E-state index contributed by atoms with van der Waals surface area (Å²) in [5.74, 6) is -1.27. The highest BCUT2D eigenvalue weighted by molar-refractivity contribution is 5.92. The van der Waals surface area contributed by atoms with Crippen molar-refractivity contribution in [2.45, 2.75) is 19.8 Å². The molecule has 0 saturated carbocycles. The van der Waals surface area contributed by atoms with Crippen molar-refractivity contribution < 1.29 is 9.18 Å². The summed E-state index contributed by atoms with van der Waals surface area (Å²) >= 11 is 0. The minimum Gasteiger partial charge on any atom is -0.364 e. The highest BCUT2D eigenvalue weighted by Crippen LogP contribution is 2.17. The molecule has 3 nitrogen and oxygen atoms in total. The number of pyridine rings is 1. The van der Waals surface area contributed by atoms with Crippen molar-refractivity contribution in [3.05, 3.63) is 29.3 Å². The van der Waals surface area contributed by atoms with Gasteiger partial charge in [0.2, 0.25) is 5.95 Å². The Balaban J connectivity index is 3.27. The van der Waals surface area contributed by atoms with E-state index in [1.54, 1.807) is 0 Å². The number of rotatable bonds is 2. The zero-order valence-electron chi connectivity index (χ0n) is 7.54. The third kappa shape index (κ3) is 2.02. The van der Waals surface area contributed by atoms with Gasteiger partial charge >= 0.3 is 0 Å². The first-order chi connectivity index (χ1) is 6.02. The van der Waals surface area contributed by atoms with Crippen molar-refractivity contribution in [1.29, 1.82) is 0 Å². The highest BCUT2D eigenvalue weighted by Gasteiger charge is 2.13. The summed E-state index contributed by atoms with van der Waals surface area (Å²) in [6.07, 6.45) is 0. The quantitative estimate of drug-likeness (QED) is 0.703. The Hall–Kier alpha value is -1.45. The maximum atomic E-state index is 12.7. The average molecular weight is 182 g/mol. The maximum Gasteiger partial charge on any atom is 0.267 e. The first-order valence-electron chi connectivity index (χ1n) is 3.98. The van der Waals surface area contributed by atoms with Crippen molar-refractivity contribution in [1.82, 2.24) is 4.98 Å². The molecule has 0 saturated heterocycles. The first-order valence-corrected chi connectivity index (χ1v) is 3.98. The van der Waals surface area contributed by atoms with E-state index < -0.39 is 11.9 Å². The van der Waals surface area contributed by atoms with Gasteiger partial charge in [-0.3, -0.25) is 4.79 Å². The van der Waals surface area contributed by atoms with Crippen LogP contribution in [0.15, 0.2) is 12.1 Å². The van der Waals surface area contributed by atoms with Gasteiger partial charge < -0.3 is 5.73 Å². The van der Waals surface area contributed by atoms with Crippen molar-refractivity contribution in [3.63, 3.8) is 0 Å². The molecule has 0 fully saturated rings. The summed E-state index contributed by atoms with van der Waals surface area (Å²) in [6.45, 7) is 3.78. The Morgan fingerprint density at radius 3 is 2.62 bits per heavy atom. The Labute approximate surface area is 75.8 Å². The number of aromatic nitrogens is 1. The molecule has 0 aliphatic carbocycles. The molecule has 1 amide bonds. The molecule has 0 bridgehead atoms. The zero-order valence-corrected chi connectivity index (χ0v) is 7.54. The van der Waals surface area contributed by atoms with E-state index in [0.717, 1.165) is 0 Å². The fraction of sp³-hybridized carbons (Fsp3) is 0.333. The van der Waals surface area contributed by atoms with Crippen LogP contribution in [0.5, 0.6) is 0 Å². The number of hydrogen-bond donors (Lipinski definition) is 1. The van der Waals surface area contributed by atoms with Gasteiger partial charge in [-0.05, 0) is 17.5 Å². The number of primary amides is 1. The standard InChI is InChI=1S/C9H11FN2O/c1-5(2)6-3-4-7(10)12-8(6)9(11)13/h3-5H,1-2H3,(H2,11,13). The molecular weight excluding hydrogens is 171 g/mol. The molecule has 4 heteroatoms. The number of nitrogens with two attached hydrogens (primary N) is 1. The van der Waals surface area contributed by atoms with E-state index in [2.05, 4.69) is 4.98 Å². The Morgan fingerprint density at radius 2 is 2.15 bits per heavy atom. The Bertz CT molecular complexity index is 336. The molecule has 1 rings (SSSR count). The van der Waals surface area contributed by atoms with Gasteiger partial charge in [-0.1, -0.05) is 19.9 Å². The van der Waals surface area contributed by atoms with Crippen molar-refractivity contribution in [3.8, 4) is 0 Å². The van der Waals surface area contributed by atoms with E-state index in [4.69, 9.17) is 5.73 Å². The number of amides is 1. The molecular formula is C9H11FN2O. The SMILES string of the molecule is CC(C)c1ccc(F)nc1C(N)=O. The van der Waals surface area contributed by atoms with Gasteiger partial charge in [0.1, 0.15) is 5.69 Å². The summed E-state index contributed by atoms with van der Waals surface area (Å²) in [6, 6.07) is 2.76. The van der Waals surface area contributed by atoms with Crippen LogP contribution in [0, 0.1) is 5.95 Å². The minimum atomic E-state index is -0.691. The fourth-order valence-corrected chi connectivity index (χ4v) is 1.11. The summed E-state index contributed by atoms with van der Waals surface area (Å²) in [5, 5.41) is 0. The summed E-state index contributed by atoms with van der Waals surface area (Å²) in [7, 11) is 0. The minimum absolute atomic E-state index is 0.0231. The smallest absolute Gasteiger partial charge is 0.267 e. The van der Waals surface area contributed by atoms with E-state index >= 15 is 0 Å². The van der Waals surface area contributed by atoms with Crippen LogP contribution in [0.25, 0.3) is 0 Å². The van der Waals surface area contributed by atoms with Crippen LogP contribution >= 0.6 is 0 Å². The molecule has 0 aliphatic rings. The summed E-state index contributed by atoms with van der Waals surface area (Å²) < 4.78 is 12.7. The normalized spacial score (nSPS) is 10.5. The highest BCUT2D eigenvalue weighted by atomic mass is 19.1. The molecule has 0 unspecified atom stereocenters. The van der Waals surface area contributed by atoms with Crippen LogP contribution in [-0.2, 0) is 0 Å². The molecule has 70 valence electrons. The van der Waals surface area contributed by atoms with Crippen molar-refractivity contribution in [2.75, 3.05) is 0 Å². The lowest BCUT2D eigenvalue weighted by Gasteiger charge is -2.08. The molecule has 0 atom stereocenters. The molecule has 1 aromatic rings. The largest absolute Gasteiger partial charge is 0.364 e. The van der Waals surface area contributed by atoms with Gasteiger partial charge in [-0.2, -0.15) is 4.39 Å². The second kappa shape index (κ2) is 3.51. The van der Waals surface area contributed by atoms with Gasteiger partial charge in [0, 0.05) is 0 Å². The molecule has 0 aliphatic heterocycles. The van der Waals surface area contributed by atoms with Crippen LogP contribution in [0.3, 0.4) is 0 Å². The number of halogens is 1. The number of carbonyl (C=O) groups is 1. The van der Waals surface area contributed by atoms with E-state index in [0.29, 0.717) is 5.56 Å². The Kier molecular flexibility index (Phi) is 2.60. The van der Waals surface area contributed by atoms with E-state index in [1.807, 2.05) is 13.8 Å². The van der Waals surface area contributed by atoms with E-state index in [-0.39, 0.29) is 11.6 Å². The van der Waals surface area contributed by atoms with Crippen molar-refractivity contribution >= 4 is 5.91 Å². The zero-order chi connectivity index (χ0) is 10.0. The monoisotopic (exact) mass is 182 g/mol. The van der Waals surface area contributed by atoms with Crippen LogP contribution in [0.1, 0.15) is 35.8 Å². The third-order valence-corrected chi connectivity index (χ3v) is 1.75. The van der Waals surface area contributed by atoms with Crippen molar-refractivity contribution in [2.24, 2.45) is 5.73 Å².